The molecule has 0 aliphatic carbocycles. The number of carbonyl (C=O) groups excluding carboxylic acids is 2. The van der Waals surface area contributed by atoms with Gasteiger partial charge in [0.1, 0.15) is 0 Å². The van der Waals surface area contributed by atoms with Crippen molar-refractivity contribution in [3.63, 3.8) is 0 Å². The normalized spacial score (nSPS) is 13.6. The molecule has 1 atom stereocenters. The number of anilines is 2. The Morgan fingerprint density at radius 2 is 1.83 bits per heavy atom. The minimum absolute atomic E-state index is 0.00618. The van der Waals surface area contributed by atoms with E-state index in [-0.39, 0.29) is 6.04 Å². The standard InChI is InChI=1S/C24H25N3O2S/c1-2-17-8-3-5-10-19(17)26-24(29)23(28)25-16-21(22-12-7-15-30-22)27-14-13-18-9-4-6-11-20(18)27/h3-12,15,21H,2,13-14,16H2,1H3,(H,25,28)(H,26,29)/t21-/m0/s1. The molecule has 154 valence electrons. The molecule has 0 saturated carbocycles. The Bertz CT molecular complexity index is 1030. The Labute approximate surface area is 180 Å². The summed E-state index contributed by atoms with van der Waals surface area (Å²) < 4.78 is 0. The van der Waals surface area contributed by atoms with Gasteiger partial charge in [-0.3, -0.25) is 9.59 Å². The van der Waals surface area contributed by atoms with Gasteiger partial charge in [0.25, 0.3) is 0 Å². The number of hydrogen-bond donors (Lipinski definition) is 2. The maximum atomic E-state index is 12.5. The van der Waals surface area contributed by atoms with Gasteiger partial charge >= 0.3 is 11.8 Å². The molecular weight excluding hydrogens is 394 g/mol. The van der Waals surface area contributed by atoms with Gasteiger partial charge in [-0.25, -0.2) is 0 Å². The van der Waals surface area contributed by atoms with E-state index >= 15 is 0 Å². The van der Waals surface area contributed by atoms with Gasteiger partial charge in [0.2, 0.25) is 0 Å². The summed E-state index contributed by atoms with van der Waals surface area (Å²) in [7, 11) is 0. The average molecular weight is 420 g/mol. The Morgan fingerprint density at radius 1 is 1.03 bits per heavy atom. The zero-order valence-corrected chi connectivity index (χ0v) is 17.7. The summed E-state index contributed by atoms with van der Waals surface area (Å²) in [6.07, 6.45) is 1.77. The summed E-state index contributed by atoms with van der Waals surface area (Å²) in [5.41, 5.74) is 4.21. The highest BCUT2D eigenvalue weighted by molar-refractivity contribution is 7.10. The molecule has 6 heteroatoms. The molecule has 5 nitrogen and oxygen atoms in total. The van der Waals surface area contributed by atoms with Crippen LogP contribution in [-0.2, 0) is 22.4 Å². The lowest BCUT2D eigenvalue weighted by Crippen LogP contribution is -2.41. The van der Waals surface area contributed by atoms with Crippen molar-refractivity contribution in [1.29, 1.82) is 0 Å². The van der Waals surface area contributed by atoms with Crippen molar-refractivity contribution >= 4 is 34.5 Å². The largest absolute Gasteiger partial charge is 0.361 e. The van der Waals surface area contributed by atoms with E-state index in [9.17, 15) is 9.59 Å². The number of nitrogens with zero attached hydrogens (tertiary/aromatic N) is 1. The Balaban J connectivity index is 1.45. The van der Waals surface area contributed by atoms with Gasteiger partial charge < -0.3 is 15.5 Å². The van der Waals surface area contributed by atoms with Gasteiger partial charge in [-0.15, -0.1) is 11.3 Å². The fraction of sp³-hybridized carbons (Fsp3) is 0.250. The molecule has 0 saturated heterocycles. The van der Waals surface area contributed by atoms with Crippen molar-refractivity contribution < 1.29 is 9.59 Å². The Hall–Kier alpha value is -3.12. The molecule has 0 fully saturated rings. The van der Waals surface area contributed by atoms with Crippen molar-refractivity contribution in [2.45, 2.75) is 25.8 Å². The SMILES string of the molecule is CCc1ccccc1NC(=O)C(=O)NC[C@@H](c1cccs1)N1CCc2ccccc21. The molecule has 4 rings (SSSR count). The van der Waals surface area contributed by atoms with E-state index in [1.807, 2.05) is 48.7 Å². The highest BCUT2D eigenvalue weighted by Gasteiger charge is 2.28. The maximum absolute atomic E-state index is 12.5. The van der Waals surface area contributed by atoms with E-state index < -0.39 is 11.8 Å². The molecule has 1 aliphatic heterocycles. The maximum Gasteiger partial charge on any atom is 0.313 e. The van der Waals surface area contributed by atoms with Crippen LogP contribution >= 0.6 is 11.3 Å². The molecule has 3 aromatic rings. The lowest BCUT2D eigenvalue weighted by atomic mass is 10.1. The molecule has 2 heterocycles. The zero-order valence-electron chi connectivity index (χ0n) is 16.9. The van der Waals surface area contributed by atoms with Crippen molar-refractivity contribution in [2.75, 3.05) is 23.3 Å². The number of amides is 2. The molecule has 30 heavy (non-hydrogen) atoms. The van der Waals surface area contributed by atoms with Crippen LogP contribution in [0.15, 0.2) is 66.0 Å². The van der Waals surface area contributed by atoms with Gasteiger partial charge in [0, 0.05) is 29.3 Å². The second-order valence-corrected chi connectivity index (χ2v) is 8.26. The fourth-order valence-electron chi connectivity index (χ4n) is 3.93. The van der Waals surface area contributed by atoms with Gasteiger partial charge in [-0.05, 0) is 47.5 Å². The number of aryl methyl sites for hydroxylation is 1. The first-order valence-electron chi connectivity index (χ1n) is 10.2. The predicted octanol–water partition coefficient (Wildman–Crippen LogP) is 4.17. The lowest BCUT2D eigenvalue weighted by molar-refractivity contribution is -0.136. The highest BCUT2D eigenvalue weighted by atomic mass is 32.1. The monoisotopic (exact) mass is 419 g/mol. The minimum atomic E-state index is -0.636. The molecule has 0 radical (unpaired) electrons. The summed E-state index contributed by atoms with van der Waals surface area (Å²) in [5.74, 6) is -1.25. The summed E-state index contributed by atoms with van der Waals surface area (Å²) in [6.45, 7) is 3.29. The molecular formula is C24H25N3O2S. The van der Waals surface area contributed by atoms with Crippen molar-refractivity contribution in [1.82, 2.24) is 5.32 Å². The number of fused-ring (bicyclic) bond motifs is 1. The van der Waals surface area contributed by atoms with E-state index in [1.54, 1.807) is 11.3 Å². The summed E-state index contributed by atoms with van der Waals surface area (Å²) in [6, 6.07) is 20.0. The van der Waals surface area contributed by atoms with Gasteiger partial charge in [0.05, 0.1) is 6.04 Å². The predicted molar refractivity (Wildman–Crippen MR) is 122 cm³/mol. The number of rotatable bonds is 6. The van der Waals surface area contributed by atoms with E-state index in [0.29, 0.717) is 12.2 Å². The molecule has 2 amide bonds. The van der Waals surface area contributed by atoms with Crippen LogP contribution in [0.3, 0.4) is 0 Å². The first-order valence-corrected chi connectivity index (χ1v) is 11.1. The summed E-state index contributed by atoms with van der Waals surface area (Å²) in [5, 5.41) is 7.64. The number of carbonyl (C=O) groups is 2. The van der Waals surface area contributed by atoms with Crippen molar-refractivity contribution in [3.8, 4) is 0 Å². The van der Waals surface area contributed by atoms with E-state index in [0.717, 1.165) is 24.9 Å². The fourth-order valence-corrected chi connectivity index (χ4v) is 4.77. The summed E-state index contributed by atoms with van der Waals surface area (Å²) >= 11 is 1.67. The highest BCUT2D eigenvalue weighted by Crippen LogP contribution is 2.36. The van der Waals surface area contributed by atoms with Crippen LogP contribution in [0.2, 0.25) is 0 Å². The van der Waals surface area contributed by atoms with E-state index in [4.69, 9.17) is 0 Å². The van der Waals surface area contributed by atoms with Gasteiger partial charge in [0.15, 0.2) is 0 Å². The molecule has 2 N–H and O–H groups in total. The molecule has 2 aromatic carbocycles. The first kappa shape index (κ1) is 20.2. The number of thiophene rings is 1. The quantitative estimate of drug-likeness (QED) is 0.590. The average Bonchev–Trinajstić information content (AvgIpc) is 3.45. The first-order chi connectivity index (χ1) is 14.7. The third-order valence-electron chi connectivity index (χ3n) is 5.48. The van der Waals surface area contributed by atoms with Crippen LogP contribution in [0.1, 0.15) is 29.0 Å². The molecule has 0 unspecified atom stereocenters. The van der Waals surface area contributed by atoms with E-state index in [1.165, 1.54) is 16.1 Å². The van der Waals surface area contributed by atoms with E-state index in [2.05, 4.69) is 39.8 Å². The summed E-state index contributed by atoms with van der Waals surface area (Å²) in [4.78, 5) is 28.5. The molecule has 1 aliphatic rings. The third-order valence-corrected chi connectivity index (χ3v) is 6.45. The second kappa shape index (κ2) is 9.13. The lowest BCUT2D eigenvalue weighted by Gasteiger charge is -2.30. The molecule has 0 spiro atoms. The van der Waals surface area contributed by atoms with Crippen LogP contribution in [0.5, 0.6) is 0 Å². The van der Waals surface area contributed by atoms with Crippen LogP contribution in [0, 0.1) is 0 Å². The smallest absolute Gasteiger partial charge is 0.313 e. The van der Waals surface area contributed by atoms with Crippen LogP contribution < -0.4 is 15.5 Å². The number of para-hydroxylation sites is 2. The molecule has 0 bridgehead atoms. The van der Waals surface area contributed by atoms with Crippen molar-refractivity contribution in [3.05, 3.63) is 82.0 Å². The Kier molecular flexibility index (Phi) is 6.14. The van der Waals surface area contributed by atoms with Gasteiger partial charge in [-0.1, -0.05) is 49.4 Å². The number of benzene rings is 2. The van der Waals surface area contributed by atoms with Crippen LogP contribution in [-0.4, -0.2) is 24.9 Å². The van der Waals surface area contributed by atoms with Crippen molar-refractivity contribution in [2.24, 2.45) is 0 Å². The van der Waals surface area contributed by atoms with Crippen LogP contribution in [0.25, 0.3) is 0 Å². The molecule has 1 aromatic heterocycles. The topological polar surface area (TPSA) is 61.4 Å². The zero-order chi connectivity index (χ0) is 20.9. The second-order valence-electron chi connectivity index (χ2n) is 7.28. The Morgan fingerprint density at radius 3 is 2.63 bits per heavy atom. The van der Waals surface area contributed by atoms with Crippen LogP contribution in [0.4, 0.5) is 11.4 Å². The minimum Gasteiger partial charge on any atom is -0.361 e. The third kappa shape index (κ3) is 4.24. The van der Waals surface area contributed by atoms with Gasteiger partial charge in [-0.2, -0.15) is 0 Å². The number of hydrogen-bond acceptors (Lipinski definition) is 4. The number of nitrogens with one attached hydrogen (secondary N) is 2.